The maximum atomic E-state index is 13.8. The molecular weight excluding hydrogens is 504 g/mol. The molecular formula is C34H52O4S. The van der Waals surface area contributed by atoms with Crippen LogP contribution < -0.4 is 0 Å². The highest BCUT2D eigenvalue weighted by Crippen LogP contribution is 2.65. The van der Waals surface area contributed by atoms with Crippen LogP contribution in [0.15, 0.2) is 46.9 Å². The van der Waals surface area contributed by atoms with E-state index in [4.69, 9.17) is 0 Å². The van der Waals surface area contributed by atoms with Gasteiger partial charge in [0.1, 0.15) is 0 Å². The van der Waals surface area contributed by atoms with Crippen LogP contribution in [0.2, 0.25) is 0 Å². The predicted octanol–water partition coefficient (Wildman–Crippen LogP) is 7.35. The van der Waals surface area contributed by atoms with Crippen LogP contribution in [-0.2, 0) is 9.84 Å². The molecule has 4 nitrogen and oxygen atoms in total. The highest BCUT2D eigenvalue weighted by atomic mass is 32.2. The number of hydrogen-bond acceptors (Lipinski definition) is 4. The summed E-state index contributed by atoms with van der Waals surface area (Å²) in [7, 11) is -3.51. The molecule has 5 heteroatoms. The molecule has 39 heavy (non-hydrogen) atoms. The fourth-order valence-corrected chi connectivity index (χ4v) is 11.8. The molecule has 0 saturated heterocycles. The first kappa shape index (κ1) is 29.3. The molecule has 0 bridgehead atoms. The Morgan fingerprint density at radius 3 is 2.44 bits per heavy atom. The van der Waals surface area contributed by atoms with Gasteiger partial charge < -0.3 is 10.2 Å². The van der Waals surface area contributed by atoms with E-state index in [2.05, 4.69) is 26.8 Å². The lowest BCUT2D eigenvalue weighted by molar-refractivity contribution is -0.0460. The molecule has 4 aliphatic carbocycles. The van der Waals surface area contributed by atoms with Gasteiger partial charge in [0.05, 0.1) is 21.9 Å². The van der Waals surface area contributed by atoms with Crippen LogP contribution in [-0.4, -0.2) is 35.6 Å². The predicted molar refractivity (Wildman–Crippen MR) is 158 cm³/mol. The molecule has 0 radical (unpaired) electrons. The number of rotatable bonds is 9. The van der Waals surface area contributed by atoms with Crippen molar-refractivity contribution in [2.75, 3.05) is 0 Å². The summed E-state index contributed by atoms with van der Waals surface area (Å²) in [6, 6.07) is 8.86. The van der Waals surface area contributed by atoms with Crippen LogP contribution in [0.5, 0.6) is 0 Å². The standard InChI is InChI=1S/C34H52O4S/c1-5-25(35)21-27(39(37,38)26-10-8-7-9-11-26)20-23(3)31-14-15-32-30-13-12-24-22-34(36,6-2)19-17-28(24)29(30)16-18-33(31,32)4/h7-12,23,25,27-32,35-36H,5-6,13-22H2,1-4H3/t23-,25+,27?,28+,29-,30-,31-,32+,33-,34+/m1/s1. The molecule has 0 aliphatic heterocycles. The Bertz CT molecular complexity index is 1130. The maximum Gasteiger partial charge on any atom is 0.181 e. The van der Waals surface area contributed by atoms with Crippen molar-refractivity contribution in [3.8, 4) is 0 Å². The van der Waals surface area contributed by atoms with Crippen molar-refractivity contribution in [2.45, 2.75) is 127 Å². The van der Waals surface area contributed by atoms with Gasteiger partial charge in [0.15, 0.2) is 9.84 Å². The van der Waals surface area contributed by atoms with Gasteiger partial charge in [0.25, 0.3) is 0 Å². The lowest BCUT2D eigenvalue weighted by Crippen LogP contribution is -2.48. The topological polar surface area (TPSA) is 74.6 Å². The maximum absolute atomic E-state index is 13.8. The summed E-state index contributed by atoms with van der Waals surface area (Å²) in [6.07, 6.45) is 13.4. The summed E-state index contributed by atoms with van der Waals surface area (Å²) in [5, 5.41) is 21.0. The first-order valence-electron chi connectivity index (χ1n) is 15.9. The number of hydrogen-bond donors (Lipinski definition) is 2. The van der Waals surface area contributed by atoms with E-state index in [0.29, 0.717) is 47.8 Å². The molecule has 1 aromatic carbocycles. The summed E-state index contributed by atoms with van der Waals surface area (Å²) in [5.74, 6) is 3.68. The van der Waals surface area contributed by atoms with Gasteiger partial charge in [-0.1, -0.05) is 57.5 Å². The molecule has 10 atom stereocenters. The molecule has 0 heterocycles. The van der Waals surface area contributed by atoms with E-state index in [1.54, 1.807) is 29.8 Å². The number of aliphatic hydroxyl groups excluding tert-OH is 1. The lowest BCUT2D eigenvalue weighted by atomic mass is 9.50. The Hall–Kier alpha value is -1.17. The summed E-state index contributed by atoms with van der Waals surface area (Å²) in [5.41, 5.74) is 1.31. The van der Waals surface area contributed by atoms with Crippen molar-refractivity contribution in [3.63, 3.8) is 0 Å². The number of sulfone groups is 1. The molecule has 3 saturated carbocycles. The molecule has 4 aliphatic rings. The fraction of sp³-hybridized carbons (Fsp3) is 0.765. The Morgan fingerprint density at radius 2 is 1.74 bits per heavy atom. The van der Waals surface area contributed by atoms with Crippen molar-refractivity contribution in [1.82, 2.24) is 0 Å². The minimum atomic E-state index is -3.51. The largest absolute Gasteiger partial charge is 0.393 e. The van der Waals surface area contributed by atoms with Gasteiger partial charge >= 0.3 is 0 Å². The Balaban J connectivity index is 1.33. The van der Waals surface area contributed by atoms with Crippen LogP contribution >= 0.6 is 0 Å². The zero-order chi connectivity index (χ0) is 28.0. The van der Waals surface area contributed by atoms with E-state index >= 15 is 0 Å². The Morgan fingerprint density at radius 1 is 1.00 bits per heavy atom. The smallest absolute Gasteiger partial charge is 0.181 e. The molecule has 218 valence electrons. The van der Waals surface area contributed by atoms with Crippen molar-refractivity contribution in [1.29, 1.82) is 0 Å². The zero-order valence-electron chi connectivity index (χ0n) is 24.7. The Labute approximate surface area is 237 Å². The molecule has 1 aromatic rings. The summed E-state index contributed by atoms with van der Waals surface area (Å²) >= 11 is 0. The lowest BCUT2D eigenvalue weighted by Gasteiger charge is -2.55. The minimum Gasteiger partial charge on any atom is -0.393 e. The van der Waals surface area contributed by atoms with E-state index < -0.39 is 26.8 Å². The number of benzene rings is 1. The molecule has 3 fully saturated rings. The quantitative estimate of drug-likeness (QED) is 0.312. The molecule has 5 rings (SSSR count). The Kier molecular flexibility index (Phi) is 8.46. The molecule has 0 spiro atoms. The molecule has 0 aromatic heterocycles. The summed E-state index contributed by atoms with van der Waals surface area (Å²) in [4.78, 5) is 0.383. The second-order valence-corrected chi connectivity index (χ2v) is 16.3. The first-order chi connectivity index (χ1) is 18.5. The monoisotopic (exact) mass is 556 g/mol. The molecule has 2 N–H and O–H groups in total. The highest BCUT2D eigenvalue weighted by molar-refractivity contribution is 7.92. The van der Waals surface area contributed by atoms with Gasteiger partial charge in [-0.05, 0) is 130 Å². The van der Waals surface area contributed by atoms with E-state index in [9.17, 15) is 18.6 Å². The zero-order valence-corrected chi connectivity index (χ0v) is 25.5. The van der Waals surface area contributed by atoms with Crippen LogP contribution in [0.1, 0.15) is 105 Å². The van der Waals surface area contributed by atoms with E-state index in [-0.39, 0.29) is 5.41 Å². The second kappa shape index (κ2) is 11.2. The highest BCUT2D eigenvalue weighted by Gasteiger charge is 2.57. The third kappa shape index (κ3) is 5.42. The van der Waals surface area contributed by atoms with Gasteiger partial charge in [0, 0.05) is 0 Å². The van der Waals surface area contributed by atoms with Crippen LogP contribution in [0.3, 0.4) is 0 Å². The first-order valence-corrected chi connectivity index (χ1v) is 17.5. The van der Waals surface area contributed by atoms with Crippen LogP contribution in [0, 0.1) is 40.9 Å². The fourth-order valence-electron chi connectivity index (χ4n) is 9.84. The summed E-state index contributed by atoms with van der Waals surface area (Å²) in [6.45, 7) is 8.87. The van der Waals surface area contributed by atoms with Gasteiger partial charge in [-0.3, -0.25) is 0 Å². The van der Waals surface area contributed by atoms with E-state index in [1.165, 1.54) is 25.7 Å². The van der Waals surface area contributed by atoms with Crippen molar-refractivity contribution in [2.24, 2.45) is 40.9 Å². The third-order valence-electron chi connectivity index (χ3n) is 12.2. The van der Waals surface area contributed by atoms with Crippen LogP contribution in [0.25, 0.3) is 0 Å². The van der Waals surface area contributed by atoms with Gasteiger partial charge in [-0.2, -0.15) is 0 Å². The normalized spacial score (nSPS) is 38.6. The van der Waals surface area contributed by atoms with Gasteiger partial charge in [0.2, 0.25) is 0 Å². The van der Waals surface area contributed by atoms with Crippen LogP contribution in [0.4, 0.5) is 0 Å². The SMILES string of the molecule is CC[C@H](O)CC(C[C@@H](C)[C@H]1CC[C@H]2[C@@H]3CC=C4C[C@](O)(CC)CC[C@@H]4[C@H]3CC[C@]12C)S(=O)(=O)c1ccccc1. The molecule has 1 unspecified atom stereocenters. The number of fused-ring (bicyclic) bond motifs is 5. The second-order valence-electron chi connectivity index (χ2n) is 14.1. The minimum absolute atomic E-state index is 0.259. The van der Waals surface area contributed by atoms with E-state index in [0.717, 1.165) is 43.9 Å². The van der Waals surface area contributed by atoms with Crippen molar-refractivity contribution < 1.29 is 18.6 Å². The average molecular weight is 557 g/mol. The van der Waals surface area contributed by atoms with E-state index in [1.807, 2.05) is 13.0 Å². The number of aliphatic hydroxyl groups is 2. The van der Waals surface area contributed by atoms with Crippen molar-refractivity contribution in [3.05, 3.63) is 42.0 Å². The third-order valence-corrected chi connectivity index (χ3v) is 14.4. The summed E-state index contributed by atoms with van der Waals surface area (Å²) < 4.78 is 27.5. The van der Waals surface area contributed by atoms with Gasteiger partial charge in [-0.15, -0.1) is 0 Å². The van der Waals surface area contributed by atoms with Gasteiger partial charge in [-0.25, -0.2) is 8.42 Å². The number of allylic oxidation sites excluding steroid dienone is 1. The van der Waals surface area contributed by atoms with Crippen molar-refractivity contribution >= 4 is 9.84 Å². The molecule has 0 amide bonds. The average Bonchev–Trinajstić information content (AvgIpc) is 3.30.